The third-order valence-electron chi connectivity index (χ3n) is 3.96. The summed E-state index contributed by atoms with van der Waals surface area (Å²) >= 11 is 1.27. The van der Waals surface area contributed by atoms with Crippen molar-refractivity contribution in [2.45, 2.75) is 6.92 Å². The summed E-state index contributed by atoms with van der Waals surface area (Å²) in [6.45, 7) is 1.46. The first-order chi connectivity index (χ1) is 14.1. The Balaban J connectivity index is 1.67. The molecule has 0 atom stereocenters. The first-order valence-corrected chi connectivity index (χ1v) is 9.52. The van der Waals surface area contributed by atoms with Crippen LogP contribution in [0.5, 0.6) is 0 Å². The van der Waals surface area contributed by atoms with E-state index in [1.807, 2.05) is 42.5 Å². The number of thioether (sulfide) groups is 1. The lowest BCUT2D eigenvalue weighted by Crippen LogP contribution is -2.29. The maximum absolute atomic E-state index is 13.1. The predicted octanol–water partition coefficient (Wildman–Crippen LogP) is 3.18. The Morgan fingerprint density at radius 1 is 1.07 bits per heavy atom. The molecule has 3 aromatic rings. The van der Waals surface area contributed by atoms with Crippen LogP contribution in [-0.4, -0.2) is 31.9 Å². The van der Waals surface area contributed by atoms with Crippen LogP contribution in [0, 0.1) is 0 Å². The summed E-state index contributed by atoms with van der Waals surface area (Å²) in [6, 6.07) is 16.6. The second kappa shape index (κ2) is 8.11. The van der Waals surface area contributed by atoms with E-state index in [4.69, 9.17) is 0 Å². The van der Waals surface area contributed by atoms with E-state index in [9.17, 15) is 9.59 Å². The van der Waals surface area contributed by atoms with Crippen LogP contribution in [0.3, 0.4) is 0 Å². The molecule has 2 amide bonds. The Hall–Kier alpha value is -3.72. The second-order valence-electron chi connectivity index (χ2n) is 6.11. The van der Waals surface area contributed by atoms with Gasteiger partial charge in [-0.1, -0.05) is 30.3 Å². The minimum Gasteiger partial charge on any atom is -0.326 e. The van der Waals surface area contributed by atoms with Crippen molar-refractivity contribution in [3.63, 3.8) is 0 Å². The second-order valence-corrected chi connectivity index (χ2v) is 7.12. The van der Waals surface area contributed by atoms with Crippen LogP contribution in [0.25, 0.3) is 6.08 Å². The van der Waals surface area contributed by atoms with Gasteiger partial charge in [0.1, 0.15) is 12.7 Å². The monoisotopic (exact) mass is 404 g/mol. The molecule has 0 aliphatic carbocycles. The number of carbonyl (C=O) groups excluding carboxylic acids is 2. The summed E-state index contributed by atoms with van der Waals surface area (Å²) in [5.74, 6) is -0.301. The Kier molecular flexibility index (Phi) is 5.21. The van der Waals surface area contributed by atoms with Gasteiger partial charge in [-0.2, -0.15) is 0 Å². The summed E-state index contributed by atoms with van der Waals surface area (Å²) in [5, 5.41) is 15.2. The van der Waals surface area contributed by atoms with Gasteiger partial charge in [0.15, 0.2) is 0 Å². The van der Waals surface area contributed by atoms with E-state index in [0.717, 1.165) is 11.3 Å². The van der Waals surface area contributed by atoms with E-state index in [1.165, 1.54) is 36.0 Å². The number of amidine groups is 1. The molecule has 9 heteroatoms. The molecular weight excluding hydrogens is 388 g/mol. The molecule has 1 aliphatic rings. The number of nitrogens with one attached hydrogen (secondary N) is 1. The van der Waals surface area contributed by atoms with Gasteiger partial charge in [0, 0.05) is 12.6 Å². The van der Waals surface area contributed by atoms with E-state index in [1.54, 1.807) is 23.1 Å². The van der Waals surface area contributed by atoms with Gasteiger partial charge in [0.25, 0.3) is 5.91 Å². The number of para-hydroxylation sites is 1. The zero-order valence-electron chi connectivity index (χ0n) is 15.4. The normalized spacial score (nSPS) is 16.6. The summed E-state index contributed by atoms with van der Waals surface area (Å²) in [7, 11) is 0. The number of aromatic nitrogens is 3. The van der Waals surface area contributed by atoms with Gasteiger partial charge in [0.2, 0.25) is 11.1 Å². The molecule has 1 aromatic heterocycles. The van der Waals surface area contributed by atoms with E-state index in [2.05, 4.69) is 20.6 Å². The topological polar surface area (TPSA) is 92.5 Å². The van der Waals surface area contributed by atoms with Gasteiger partial charge in [-0.15, -0.1) is 15.3 Å². The molecule has 0 unspecified atom stereocenters. The smallest absolute Gasteiger partial charge is 0.271 e. The van der Waals surface area contributed by atoms with Crippen LogP contribution >= 0.6 is 11.8 Å². The molecule has 0 saturated carbocycles. The van der Waals surface area contributed by atoms with Gasteiger partial charge in [-0.3, -0.25) is 14.5 Å². The Labute approximate surface area is 170 Å². The molecule has 8 nitrogen and oxygen atoms in total. The van der Waals surface area contributed by atoms with Crippen molar-refractivity contribution < 1.29 is 9.59 Å². The molecule has 1 fully saturated rings. The molecule has 1 saturated heterocycles. The van der Waals surface area contributed by atoms with Gasteiger partial charge < -0.3 is 5.32 Å². The fourth-order valence-electron chi connectivity index (χ4n) is 2.71. The summed E-state index contributed by atoms with van der Waals surface area (Å²) in [4.78, 5) is 26.4. The highest BCUT2D eigenvalue weighted by molar-refractivity contribution is 8.19. The van der Waals surface area contributed by atoms with Crippen LogP contribution < -0.4 is 10.2 Å². The third kappa shape index (κ3) is 4.25. The highest BCUT2D eigenvalue weighted by Crippen LogP contribution is 2.36. The Morgan fingerprint density at radius 2 is 1.76 bits per heavy atom. The molecule has 0 spiro atoms. The highest BCUT2D eigenvalue weighted by atomic mass is 32.2. The quantitative estimate of drug-likeness (QED) is 0.674. The molecule has 2 aromatic carbocycles. The Morgan fingerprint density at radius 3 is 2.41 bits per heavy atom. The maximum atomic E-state index is 13.1. The number of amides is 2. The first-order valence-electron chi connectivity index (χ1n) is 8.70. The van der Waals surface area contributed by atoms with Crippen LogP contribution in [0.2, 0.25) is 0 Å². The van der Waals surface area contributed by atoms with Crippen LogP contribution in [0.1, 0.15) is 12.5 Å². The largest absolute Gasteiger partial charge is 0.326 e. The van der Waals surface area contributed by atoms with Gasteiger partial charge in [0.05, 0.1) is 10.6 Å². The standard InChI is InChI=1S/C20H16N6O2S/c1-14(27)23-16-9-7-15(8-10-16)11-18-19(28)26(17-5-3-2-4-6-17)20(29-18)24-25-12-21-22-13-25/h2-13H,1H3,(H,23,27). The molecule has 1 aliphatic heterocycles. The van der Waals surface area contributed by atoms with Crippen LogP contribution in [0.4, 0.5) is 11.4 Å². The maximum Gasteiger partial charge on any atom is 0.271 e. The average Bonchev–Trinajstić information content (AvgIpc) is 3.32. The van der Waals surface area contributed by atoms with Crippen molar-refractivity contribution in [1.29, 1.82) is 0 Å². The number of rotatable bonds is 4. The SMILES string of the molecule is CC(=O)Nc1ccc(C=C2SC(=Nn3cnnc3)N(c3ccccc3)C2=O)cc1. The van der Waals surface area contributed by atoms with Crippen molar-refractivity contribution in [2.75, 3.05) is 10.2 Å². The average molecular weight is 404 g/mol. The molecule has 29 heavy (non-hydrogen) atoms. The van der Waals surface area contributed by atoms with Crippen molar-refractivity contribution in [3.8, 4) is 0 Å². The minimum atomic E-state index is -0.168. The third-order valence-corrected chi connectivity index (χ3v) is 4.92. The fourth-order valence-corrected chi connectivity index (χ4v) is 3.69. The van der Waals surface area contributed by atoms with E-state index < -0.39 is 0 Å². The summed E-state index contributed by atoms with van der Waals surface area (Å²) in [6.07, 6.45) is 4.72. The molecule has 4 rings (SSSR count). The van der Waals surface area contributed by atoms with Crippen LogP contribution in [0.15, 0.2) is 77.3 Å². The number of hydrogen-bond donors (Lipinski definition) is 1. The lowest BCUT2D eigenvalue weighted by atomic mass is 10.2. The summed E-state index contributed by atoms with van der Waals surface area (Å²) in [5.41, 5.74) is 2.26. The summed E-state index contributed by atoms with van der Waals surface area (Å²) < 4.78 is 1.46. The lowest BCUT2D eigenvalue weighted by Gasteiger charge is -2.15. The fraction of sp³-hybridized carbons (Fsp3) is 0.0500. The van der Waals surface area contributed by atoms with E-state index in [-0.39, 0.29) is 11.8 Å². The number of benzene rings is 2. The molecule has 2 heterocycles. The first kappa shape index (κ1) is 18.6. The van der Waals surface area contributed by atoms with Crippen LogP contribution in [-0.2, 0) is 9.59 Å². The van der Waals surface area contributed by atoms with Gasteiger partial charge in [-0.05, 0) is 47.7 Å². The van der Waals surface area contributed by atoms with Crippen molar-refractivity contribution in [2.24, 2.45) is 5.10 Å². The zero-order valence-corrected chi connectivity index (χ0v) is 16.2. The number of hydrogen-bond acceptors (Lipinski definition) is 6. The van der Waals surface area contributed by atoms with Crippen molar-refractivity contribution >= 4 is 46.2 Å². The Bertz CT molecular complexity index is 1090. The number of anilines is 2. The predicted molar refractivity (Wildman–Crippen MR) is 113 cm³/mol. The van der Waals surface area contributed by atoms with E-state index >= 15 is 0 Å². The number of carbonyl (C=O) groups is 2. The molecule has 0 bridgehead atoms. The minimum absolute atomic E-state index is 0.133. The molecule has 144 valence electrons. The van der Waals surface area contributed by atoms with E-state index in [0.29, 0.717) is 15.8 Å². The molecule has 0 radical (unpaired) electrons. The van der Waals surface area contributed by atoms with Crippen molar-refractivity contribution in [1.82, 2.24) is 14.9 Å². The highest BCUT2D eigenvalue weighted by Gasteiger charge is 2.35. The van der Waals surface area contributed by atoms with Gasteiger partial charge in [-0.25, -0.2) is 4.68 Å². The number of nitrogens with zero attached hydrogens (tertiary/aromatic N) is 5. The lowest BCUT2D eigenvalue weighted by molar-refractivity contribution is -0.114. The zero-order chi connectivity index (χ0) is 20.2. The van der Waals surface area contributed by atoms with Gasteiger partial charge >= 0.3 is 0 Å². The van der Waals surface area contributed by atoms with Crippen molar-refractivity contribution in [3.05, 3.63) is 77.7 Å². The molecule has 1 N–H and O–H groups in total. The molecular formula is C20H16N6O2S.